The van der Waals surface area contributed by atoms with Gasteiger partial charge in [0.25, 0.3) is 0 Å². The lowest BCUT2D eigenvalue weighted by Gasteiger charge is -2.08. The zero-order chi connectivity index (χ0) is 11.0. The van der Waals surface area contributed by atoms with Crippen LogP contribution in [0.4, 0.5) is 4.79 Å². The minimum atomic E-state index is -1.08. The first-order chi connectivity index (χ1) is 7.11. The molecule has 0 aliphatic rings. The number of para-hydroxylation sites is 1. The number of hydrogen-bond donors (Lipinski definition) is 1. The number of hydrogen-bond acceptors (Lipinski definition) is 2. The van der Waals surface area contributed by atoms with Crippen molar-refractivity contribution in [3.8, 4) is 0 Å². The Morgan fingerprint density at radius 3 is 2.67 bits per heavy atom. The quantitative estimate of drug-likeness (QED) is 0.710. The Labute approximate surface area is 85.4 Å². The maximum absolute atomic E-state index is 11.6. The van der Waals surface area contributed by atoms with Gasteiger partial charge in [-0.05, 0) is 19.1 Å². The van der Waals surface area contributed by atoms with Gasteiger partial charge in [0.1, 0.15) is 0 Å². The molecule has 0 atom stereocenters. The fourth-order valence-electron chi connectivity index (χ4n) is 1.65. The molecule has 1 N–H and O–H groups in total. The van der Waals surface area contributed by atoms with E-state index in [1.807, 2.05) is 0 Å². The number of fused-ring (bicyclic) bond motifs is 1. The van der Waals surface area contributed by atoms with E-state index in [0.717, 1.165) is 4.57 Å². The molecule has 4 heteroatoms. The average Bonchev–Trinajstić information content (AvgIpc) is 2.17. The third-order valence-electron chi connectivity index (χ3n) is 2.29. The zero-order valence-electron chi connectivity index (χ0n) is 8.10. The number of nitrogens with zero attached hydrogens (tertiary/aromatic N) is 1. The van der Waals surface area contributed by atoms with Crippen LogP contribution in [-0.2, 0) is 0 Å². The third kappa shape index (κ3) is 1.40. The van der Waals surface area contributed by atoms with E-state index in [1.54, 1.807) is 31.2 Å². The summed E-state index contributed by atoms with van der Waals surface area (Å²) in [5.41, 5.74) is 0.696. The molecule has 2 rings (SSSR count). The summed E-state index contributed by atoms with van der Waals surface area (Å²) in [7, 11) is 0. The molecule has 0 aliphatic carbocycles. The van der Waals surface area contributed by atoms with Crippen molar-refractivity contribution in [2.45, 2.75) is 6.92 Å². The highest BCUT2D eigenvalue weighted by Crippen LogP contribution is 2.11. The number of carboxylic acid groups (broad SMARTS) is 1. The van der Waals surface area contributed by atoms with Crippen LogP contribution < -0.4 is 5.43 Å². The second-order valence-corrected chi connectivity index (χ2v) is 3.29. The van der Waals surface area contributed by atoms with Crippen LogP contribution in [0.25, 0.3) is 10.9 Å². The molecule has 15 heavy (non-hydrogen) atoms. The molecule has 0 bridgehead atoms. The van der Waals surface area contributed by atoms with Crippen molar-refractivity contribution in [3.05, 3.63) is 46.2 Å². The summed E-state index contributed by atoms with van der Waals surface area (Å²) in [5, 5.41) is 9.44. The van der Waals surface area contributed by atoms with Gasteiger partial charge < -0.3 is 5.11 Å². The molecule has 4 nitrogen and oxygen atoms in total. The number of rotatable bonds is 0. The van der Waals surface area contributed by atoms with Gasteiger partial charge in [-0.15, -0.1) is 0 Å². The second kappa shape index (κ2) is 3.24. The Morgan fingerprint density at radius 2 is 2.00 bits per heavy atom. The largest absolute Gasteiger partial charge is 0.464 e. The molecule has 1 aromatic carbocycles. The predicted octanol–water partition coefficient (Wildman–Crippen LogP) is 1.84. The lowest BCUT2D eigenvalue weighted by molar-refractivity contribution is 0.197. The van der Waals surface area contributed by atoms with Crippen molar-refractivity contribution in [2.24, 2.45) is 0 Å². The fraction of sp³-hybridized carbons (Fsp3) is 0.0909. The lowest BCUT2D eigenvalue weighted by Crippen LogP contribution is -2.17. The number of pyridine rings is 1. The molecule has 0 aliphatic heterocycles. The van der Waals surface area contributed by atoms with Gasteiger partial charge in [0.05, 0.1) is 5.52 Å². The van der Waals surface area contributed by atoms with E-state index in [9.17, 15) is 9.59 Å². The van der Waals surface area contributed by atoms with Crippen molar-refractivity contribution < 1.29 is 9.90 Å². The van der Waals surface area contributed by atoms with Crippen molar-refractivity contribution in [3.63, 3.8) is 0 Å². The van der Waals surface area contributed by atoms with E-state index in [0.29, 0.717) is 16.6 Å². The highest BCUT2D eigenvalue weighted by Gasteiger charge is 2.10. The molecule has 76 valence electrons. The van der Waals surface area contributed by atoms with E-state index in [2.05, 4.69) is 0 Å². The van der Waals surface area contributed by atoms with Gasteiger partial charge in [-0.1, -0.05) is 12.1 Å². The molecule has 1 aromatic heterocycles. The van der Waals surface area contributed by atoms with Gasteiger partial charge >= 0.3 is 6.09 Å². The van der Waals surface area contributed by atoms with E-state index in [4.69, 9.17) is 5.11 Å². The van der Waals surface area contributed by atoms with E-state index in [1.165, 1.54) is 6.07 Å². The highest BCUT2D eigenvalue weighted by molar-refractivity contribution is 5.87. The molecule has 0 saturated heterocycles. The molecule has 1 heterocycles. The zero-order valence-corrected chi connectivity index (χ0v) is 8.10. The number of benzene rings is 1. The van der Waals surface area contributed by atoms with E-state index < -0.39 is 6.09 Å². The van der Waals surface area contributed by atoms with Gasteiger partial charge in [0.15, 0.2) is 5.43 Å². The van der Waals surface area contributed by atoms with Crippen LogP contribution in [0.1, 0.15) is 5.69 Å². The summed E-state index contributed by atoms with van der Waals surface area (Å²) in [6.45, 7) is 1.60. The van der Waals surface area contributed by atoms with E-state index >= 15 is 0 Å². The maximum atomic E-state index is 11.6. The van der Waals surface area contributed by atoms with Crippen LogP contribution in [0, 0.1) is 6.92 Å². The maximum Gasteiger partial charge on any atom is 0.416 e. The first-order valence-electron chi connectivity index (χ1n) is 4.46. The average molecular weight is 203 g/mol. The highest BCUT2D eigenvalue weighted by atomic mass is 16.4. The molecule has 0 saturated carbocycles. The normalized spacial score (nSPS) is 10.5. The SMILES string of the molecule is Cc1cc(=O)c2ccccc2n1C(=O)O. The number of aromatic nitrogens is 1. The van der Waals surface area contributed by atoms with Gasteiger partial charge in [0, 0.05) is 17.1 Å². The fourth-order valence-corrected chi connectivity index (χ4v) is 1.65. The van der Waals surface area contributed by atoms with Crippen LogP contribution in [0.5, 0.6) is 0 Å². The molecular weight excluding hydrogens is 194 g/mol. The van der Waals surface area contributed by atoms with Gasteiger partial charge in [-0.3, -0.25) is 4.79 Å². The Kier molecular flexibility index (Phi) is 2.04. The van der Waals surface area contributed by atoms with Crippen LogP contribution >= 0.6 is 0 Å². The van der Waals surface area contributed by atoms with Gasteiger partial charge in [-0.25, -0.2) is 9.36 Å². The molecule has 0 radical (unpaired) electrons. The minimum Gasteiger partial charge on any atom is -0.464 e. The Balaban J connectivity index is 3.03. The molecule has 0 fully saturated rings. The van der Waals surface area contributed by atoms with Crippen LogP contribution in [0.3, 0.4) is 0 Å². The van der Waals surface area contributed by atoms with E-state index in [-0.39, 0.29) is 5.43 Å². The van der Waals surface area contributed by atoms with Gasteiger partial charge in [0.2, 0.25) is 0 Å². The number of aryl methyl sites for hydroxylation is 1. The van der Waals surface area contributed by atoms with Crippen LogP contribution in [0.2, 0.25) is 0 Å². The summed E-state index contributed by atoms with van der Waals surface area (Å²) in [6, 6.07) is 8.00. The minimum absolute atomic E-state index is 0.152. The monoisotopic (exact) mass is 203 g/mol. The van der Waals surface area contributed by atoms with Crippen molar-refractivity contribution in [2.75, 3.05) is 0 Å². The standard InChI is InChI=1S/C11H9NO3/c1-7-6-10(13)8-4-2-3-5-9(8)12(7)11(14)15/h2-6H,1H3,(H,14,15). The topological polar surface area (TPSA) is 59.3 Å². The van der Waals surface area contributed by atoms with Crippen LogP contribution in [0.15, 0.2) is 35.1 Å². The van der Waals surface area contributed by atoms with Crippen molar-refractivity contribution in [1.29, 1.82) is 0 Å². The second-order valence-electron chi connectivity index (χ2n) is 3.29. The number of carbonyl (C=O) groups is 1. The smallest absolute Gasteiger partial charge is 0.416 e. The molecule has 0 unspecified atom stereocenters. The Morgan fingerprint density at radius 1 is 1.33 bits per heavy atom. The predicted molar refractivity (Wildman–Crippen MR) is 56.4 cm³/mol. The van der Waals surface area contributed by atoms with Crippen molar-refractivity contribution >= 4 is 17.0 Å². The summed E-state index contributed by atoms with van der Waals surface area (Å²) in [4.78, 5) is 22.6. The lowest BCUT2D eigenvalue weighted by atomic mass is 10.2. The Hall–Kier alpha value is -2.10. The summed E-state index contributed by atoms with van der Waals surface area (Å²) in [5.74, 6) is 0. The first kappa shape index (κ1) is 9.45. The molecular formula is C11H9NO3. The van der Waals surface area contributed by atoms with Crippen LogP contribution in [-0.4, -0.2) is 15.8 Å². The summed E-state index contributed by atoms with van der Waals surface area (Å²) >= 11 is 0. The Bertz CT molecular complexity index is 598. The molecule has 0 spiro atoms. The van der Waals surface area contributed by atoms with Crippen molar-refractivity contribution in [1.82, 2.24) is 4.57 Å². The molecule has 2 aromatic rings. The first-order valence-corrected chi connectivity index (χ1v) is 4.46. The third-order valence-corrected chi connectivity index (χ3v) is 2.29. The molecule has 0 amide bonds. The van der Waals surface area contributed by atoms with Gasteiger partial charge in [-0.2, -0.15) is 0 Å². The summed E-state index contributed by atoms with van der Waals surface area (Å²) < 4.78 is 1.11. The summed E-state index contributed by atoms with van der Waals surface area (Å²) in [6.07, 6.45) is -1.08.